The molecule has 1 amide bonds. The number of piperidine rings is 1. The molecule has 3 rings (SSSR count). The van der Waals surface area contributed by atoms with Crippen LogP contribution in [0.1, 0.15) is 76.5 Å². The van der Waals surface area contributed by atoms with Crippen LogP contribution in [0.4, 0.5) is 0 Å². The minimum Gasteiger partial charge on any atom is -0.494 e. The predicted molar refractivity (Wildman–Crippen MR) is 148 cm³/mol. The van der Waals surface area contributed by atoms with Crippen molar-refractivity contribution in [1.82, 2.24) is 4.90 Å². The SMILES string of the molecule is CCC(C)(C)C(=O)C(=O)N1CCCCC1C(=O)OC(CCc1ccccc1)c1cccc(OCCCN)c1. The van der Waals surface area contributed by atoms with Gasteiger partial charge in [-0.25, -0.2) is 4.79 Å². The summed E-state index contributed by atoms with van der Waals surface area (Å²) in [5, 5.41) is 0. The van der Waals surface area contributed by atoms with Gasteiger partial charge >= 0.3 is 5.97 Å². The highest BCUT2D eigenvalue weighted by Gasteiger charge is 2.41. The van der Waals surface area contributed by atoms with E-state index in [4.69, 9.17) is 15.2 Å². The fraction of sp³-hybridized carbons (Fsp3) is 0.516. The Hall–Kier alpha value is -3.19. The summed E-state index contributed by atoms with van der Waals surface area (Å²) >= 11 is 0. The van der Waals surface area contributed by atoms with Gasteiger partial charge in [-0.05, 0) is 74.8 Å². The van der Waals surface area contributed by atoms with E-state index in [0.29, 0.717) is 51.1 Å². The minimum atomic E-state index is -0.772. The minimum absolute atomic E-state index is 0.378. The zero-order valence-corrected chi connectivity index (χ0v) is 23.0. The number of rotatable bonds is 13. The van der Waals surface area contributed by atoms with E-state index >= 15 is 0 Å². The number of carbonyl (C=O) groups is 3. The van der Waals surface area contributed by atoms with E-state index in [-0.39, 0.29) is 0 Å². The lowest BCUT2D eigenvalue weighted by atomic mass is 9.84. The number of esters is 1. The first-order valence-electron chi connectivity index (χ1n) is 13.8. The molecule has 1 fully saturated rings. The molecule has 1 aliphatic rings. The Labute approximate surface area is 226 Å². The molecule has 2 aromatic rings. The van der Waals surface area contributed by atoms with Gasteiger partial charge in [0.1, 0.15) is 17.9 Å². The molecule has 1 heterocycles. The van der Waals surface area contributed by atoms with E-state index in [1.54, 1.807) is 13.8 Å². The van der Waals surface area contributed by atoms with Gasteiger partial charge < -0.3 is 20.1 Å². The van der Waals surface area contributed by atoms with Crippen molar-refractivity contribution in [3.63, 3.8) is 0 Å². The van der Waals surface area contributed by atoms with Crippen molar-refractivity contribution in [3.05, 3.63) is 65.7 Å². The van der Waals surface area contributed by atoms with E-state index in [9.17, 15) is 14.4 Å². The number of Topliss-reactive ketones (excluding diaryl/α,β-unsaturated/α-hetero) is 1. The van der Waals surface area contributed by atoms with Gasteiger partial charge in [-0.1, -0.05) is 63.2 Å². The Kier molecular flexibility index (Phi) is 10.9. The van der Waals surface area contributed by atoms with Crippen LogP contribution in [0.3, 0.4) is 0 Å². The highest BCUT2D eigenvalue weighted by Crippen LogP contribution is 2.30. The summed E-state index contributed by atoms with van der Waals surface area (Å²) in [5.41, 5.74) is 6.79. The molecule has 0 aliphatic carbocycles. The molecule has 2 N–H and O–H groups in total. The molecule has 0 bridgehead atoms. The van der Waals surface area contributed by atoms with Gasteiger partial charge in [0, 0.05) is 12.0 Å². The quantitative estimate of drug-likeness (QED) is 0.225. The summed E-state index contributed by atoms with van der Waals surface area (Å²) in [5.74, 6) is -0.816. The Morgan fingerprint density at radius 2 is 1.84 bits per heavy atom. The molecule has 7 heteroatoms. The van der Waals surface area contributed by atoms with Gasteiger partial charge in [-0.2, -0.15) is 0 Å². The van der Waals surface area contributed by atoms with Gasteiger partial charge in [-0.15, -0.1) is 0 Å². The number of amides is 1. The second-order valence-electron chi connectivity index (χ2n) is 10.6. The number of ether oxygens (including phenoxy) is 2. The molecule has 2 unspecified atom stereocenters. The summed E-state index contributed by atoms with van der Waals surface area (Å²) in [4.78, 5) is 41.2. The summed E-state index contributed by atoms with van der Waals surface area (Å²) in [6.07, 6.45) is 4.10. The topological polar surface area (TPSA) is 98.9 Å². The van der Waals surface area contributed by atoms with Gasteiger partial charge in [0.25, 0.3) is 5.91 Å². The van der Waals surface area contributed by atoms with Crippen molar-refractivity contribution < 1.29 is 23.9 Å². The van der Waals surface area contributed by atoms with Crippen molar-refractivity contribution in [3.8, 4) is 5.75 Å². The average Bonchev–Trinajstić information content (AvgIpc) is 2.95. The molecule has 1 aliphatic heterocycles. The van der Waals surface area contributed by atoms with Crippen LogP contribution in [0.2, 0.25) is 0 Å². The van der Waals surface area contributed by atoms with Crippen LogP contribution in [0, 0.1) is 5.41 Å². The maximum atomic E-state index is 13.6. The fourth-order valence-electron chi connectivity index (χ4n) is 4.53. The molecule has 38 heavy (non-hydrogen) atoms. The number of benzene rings is 2. The molecule has 206 valence electrons. The molecular formula is C31H42N2O5. The lowest BCUT2D eigenvalue weighted by Gasteiger charge is -2.36. The molecule has 2 aromatic carbocycles. The normalized spacial score (nSPS) is 16.5. The summed E-state index contributed by atoms with van der Waals surface area (Å²) < 4.78 is 12.0. The third-order valence-electron chi connectivity index (χ3n) is 7.37. The van der Waals surface area contributed by atoms with Crippen LogP contribution in [-0.2, 0) is 25.5 Å². The largest absolute Gasteiger partial charge is 0.494 e. The van der Waals surface area contributed by atoms with Crippen molar-refractivity contribution in [1.29, 1.82) is 0 Å². The summed E-state index contributed by atoms with van der Waals surface area (Å²) in [6.45, 7) is 6.86. The molecule has 2 atom stereocenters. The third-order valence-corrected chi connectivity index (χ3v) is 7.37. The molecule has 0 radical (unpaired) electrons. The Bertz CT molecular complexity index is 1070. The monoisotopic (exact) mass is 522 g/mol. The first-order chi connectivity index (χ1) is 18.3. The highest BCUT2D eigenvalue weighted by atomic mass is 16.5. The predicted octanol–water partition coefficient (Wildman–Crippen LogP) is 5.02. The van der Waals surface area contributed by atoms with Crippen LogP contribution in [0.25, 0.3) is 0 Å². The molecule has 7 nitrogen and oxygen atoms in total. The number of nitrogens with two attached hydrogens (primary N) is 1. The van der Waals surface area contributed by atoms with E-state index in [1.807, 2.05) is 61.5 Å². The zero-order valence-electron chi connectivity index (χ0n) is 23.0. The number of likely N-dealkylation sites (tertiary alicyclic amines) is 1. The first kappa shape index (κ1) is 29.4. The van der Waals surface area contributed by atoms with Crippen molar-refractivity contribution >= 4 is 17.7 Å². The average molecular weight is 523 g/mol. The second-order valence-corrected chi connectivity index (χ2v) is 10.6. The van der Waals surface area contributed by atoms with Gasteiger partial charge in [0.2, 0.25) is 5.78 Å². The van der Waals surface area contributed by atoms with E-state index in [0.717, 1.165) is 30.4 Å². The number of aryl methyl sites for hydroxylation is 1. The van der Waals surface area contributed by atoms with Crippen LogP contribution in [0.15, 0.2) is 54.6 Å². The molecule has 0 saturated carbocycles. The van der Waals surface area contributed by atoms with Crippen molar-refractivity contribution in [2.45, 2.75) is 77.9 Å². The third kappa shape index (κ3) is 7.90. The lowest BCUT2D eigenvalue weighted by Crippen LogP contribution is -2.53. The Morgan fingerprint density at radius 3 is 2.55 bits per heavy atom. The van der Waals surface area contributed by atoms with Crippen LogP contribution in [-0.4, -0.2) is 48.3 Å². The highest BCUT2D eigenvalue weighted by molar-refractivity contribution is 6.38. The molecule has 1 saturated heterocycles. The Morgan fingerprint density at radius 1 is 1.08 bits per heavy atom. The van der Waals surface area contributed by atoms with E-state index in [1.165, 1.54) is 4.90 Å². The molecular weight excluding hydrogens is 480 g/mol. The number of hydrogen-bond donors (Lipinski definition) is 1. The van der Waals surface area contributed by atoms with Crippen molar-refractivity contribution in [2.24, 2.45) is 11.1 Å². The van der Waals surface area contributed by atoms with Crippen LogP contribution in [0.5, 0.6) is 5.75 Å². The first-order valence-corrected chi connectivity index (χ1v) is 13.8. The van der Waals surface area contributed by atoms with E-state index < -0.39 is 35.2 Å². The lowest BCUT2D eigenvalue weighted by molar-refractivity contribution is -0.164. The van der Waals surface area contributed by atoms with Crippen LogP contribution < -0.4 is 10.5 Å². The summed E-state index contributed by atoms with van der Waals surface area (Å²) in [6, 6.07) is 16.9. The van der Waals surface area contributed by atoms with Crippen molar-refractivity contribution in [2.75, 3.05) is 19.7 Å². The van der Waals surface area contributed by atoms with Gasteiger partial charge in [0.15, 0.2) is 0 Å². The van der Waals surface area contributed by atoms with Gasteiger partial charge in [-0.3, -0.25) is 9.59 Å². The number of nitrogens with zero attached hydrogens (tertiary/aromatic N) is 1. The maximum absolute atomic E-state index is 13.6. The molecule has 0 spiro atoms. The molecule has 0 aromatic heterocycles. The number of carbonyl (C=O) groups excluding carboxylic acids is 3. The second kappa shape index (κ2) is 14.1. The standard InChI is InChI=1S/C31H42N2O5/c1-4-31(2,3)28(34)29(35)33-20-9-8-16-26(33)30(36)38-27(18-17-23-12-6-5-7-13-23)24-14-10-15-25(22-24)37-21-11-19-32/h5-7,10,12-15,22,26-27H,4,8-9,11,16-21,32H2,1-3H3. The number of hydrogen-bond acceptors (Lipinski definition) is 6. The number of ketones is 1. The zero-order chi connectivity index (χ0) is 27.5. The fourth-order valence-corrected chi connectivity index (χ4v) is 4.53. The smallest absolute Gasteiger partial charge is 0.329 e. The van der Waals surface area contributed by atoms with Crippen LogP contribution >= 0.6 is 0 Å². The van der Waals surface area contributed by atoms with E-state index in [2.05, 4.69) is 0 Å². The maximum Gasteiger partial charge on any atom is 0.329 e. The van der Waals surface area contributed by atoms with Gasteiger partial charge in [0.05, 0.1) is 6.61 Å². The summed E-state index contributed by atoms with van der Waals surface area (Å²) in [7, 11) is 0. The Balaban J connectivity index is 1.81.